The molecule has 0 atom stereocenters. The summed E-state index contributed by atoms with van der Waals surface area (Å²) in [5.74, 6) is -4.64. The average Bonchev–Trinajstić information content (AvgIpc) is 2.98. The molecular formula is C20H14F4N2. The van der Waals surface area contributed by atoms with Crippen LogP contribution < -0.4 is 0 Å². The normalized spacial score (nSPS) is 13.7. The number of nitrogens with zero attached hydrogens (tertiary/aromatic N) is 2. The Kier molecular flexibility index (Phi) is 3.72. The highest BCUT2D eigenvalue weighted by Crippen LogP contribution is 2.31. The van der Waals surface area contributed by atoms with E-state index in [2.05, 4.69) is 4.99 Å². The molecule has 2 aromatic carbocycles. The third kappa shape index (κ3) is 2.62. The van der Waals surface area contributed by atoms with E-state index >= 15 is 0 Å². The molecule has 1 aliphatic heterocycles. The first-order valence-electron chi connectivity index (χ1n) is 8.04. The number of fused-ring (bicyclic) bond motifs is 3. The van der Waals surface area contributed by atoms with Crippen LogP contribution >= 0.6 is 0 Å². The molecule has 0 aliphatic carbocycles. The van der Waals surface area contributed by atoms with Gasteiger partial charge in [0.15, 0.2) is 0 Å². The van der Waals surface area contributed by atoms with Crippen molar-refractivity contribution in [2.45, 2.75) is 19.4 Å². The van der Waals surface area contributed by atoms with Gasteiger partial charge in [0.25, 0.3) is 5.92 Å². The summed E-state index contributed by atoms with van der Waals surface area (Å²) in [5.41, 5.74) is 1.85. The summed E-state index contributed by atoms with van der Waals surface area (Å²) in [4.78, 5) is 4.44. The van der Waals surface area contributed by atoms with Crippen molar-refractivity contribution in [2.75, 3.05) is 0 Å². The molecule has 26 heavy (non-hydrogen) atoms. The number of hydrogen-bond donors (Lipinski definition) is 0. The Hall–Kier alpha value is -2.89. The van der Waals surface area contributed by atoms with Gasteiger partial charge in [-0.05, 0) is 36.4 Å². The van der Waals surface area contributed by atoms with Crippen LogP contribution in [0.25, 0.3) is 5.69 Å². The highest BCUT2D eigenvalue weighted by molar-refractivity contribution is 6.12. The van der Waals surface area contributed by atoms with Crippen LogP contribution in [0.4, 0.5) is 17.6 Å². The van der Waals surface area contributed by atoms with Gasteiger partial charge in [0.1, 0.15) is 11.6 Å². The minimum atomic E-state index is -3.27. The van der Waals surface area contributed by atoms with Crippen LogP contribution in [0.5, 0.6) is 0 Å². The number of rotatable bonds is 2. The predicted octanol–water partition coefficient (Wildman–Crippen LogP) is 5.22. The van der Waals surface area contributed by atoms with Gasteiger partial charge >= 0.3 is 0 Å². The van der Waals surface area contributed by atoms with Gasteiger partial charge in [-0.3, -0.25) is 4.99 Å². The van der Waals surface area contributed by atoms with Gasteiger partial charge < -0.3 is 4.57 Å². The molecule has 3 aromatic rings. The minimum Gasteiger partial charge on any atom is -0.315 e. The molecule has 0 saturated heterocycles. The van der Waals surface area contributed by atoms with Crippen LogP contribution in [0.15, 0.2) is 59.7 Å². The standard InChI is InChI=1S/C20H14F4N2/c1-20(23,24)14-8-7-12(10-16(14)22)19-18-6-3-9-26(18)17-5-2-4-15(21)13(17)11-25-19/h2-10H,11H2,1H3. The molecule has 0 N–H and O–H groups in total. The number of aliphatic imine (C=N–C) groups is 1. The van der Waals surface area contributed by atoms with Gasteiger partial charge in [-0.15, -0.1) is 0 Å². The number of aromatic nitrogens is 1. The lowest BCUT2D eigenvalue weighted by molar-refractivity contribution is 0.0137. The Morgan fingerprint density at radius 1 is 1.00 bits per heavy atom. The third-order valence-electron chi connectivity index (χ3n) is 4.46. The summed E-state index contributed by atoms with van der Waals surface area (Å²) in [7, 11) is 0. The monoisotopic (exact) mass is 358 g/mol. The van der Waals surface area contributed by atoms with E-state index in [0.29, 0.717) is 35.1 Å². The van der Waals surface area contributed by atoms with E-state index < -0.39 is 17.3 Å². The maximum Gasteiger partial charge on any atom is 0.273 e. The molecule has 2 nitrogen and oxygen atoms in total. The molecular weight excluding hydrogens is 344 g/mol. The summed E-state index contributed by atoms with van der Waals surface area (Å²) in [6.07, 6.45) is 1.76. The van der Waals surface area contributed by atoms with Gasteiger partial charge in [0, 0.05) is 24.2 Å². The van der Waals surface area contributed by atoms with Crippen molar-refractivity contribution in [3.05, 3.63) is 88.7 Å². The second kappa shape index (κ2) is 5.83. The summed E-state index contributed by atoms with van der Waals surface area (Å²) in [5, 5.41) is 0. The summed E-state index contributed by atoms with van der Waals surface area (Å²) < 4.78 is 57.1. The number of alkyl halides is 2. The molecule has 0 bridgehead atoms. The summed E-state index contributed by atoms with van der Waals surface area (Å²) in [6.45, 7) is 0.727. The van der Waals surface area contributed by atoms with Crippen LogP contribution in [0.2, 0.25) is 0 Å². The largest absolute Gasteiger partial charge is 0.315 e. The Morgan fingerprint density at radius 3 is 2.54 bits per heavy atom. The summed E-state index contributed by atoms with van der Waals surface area (Å²) >= 11 is 0. The Balaban J connectivity index is 1.87. The van der Waals surface area contributed by atoms with Gasteiger partial charge in [0.05, 0.1) is 29.2 Å². The fraction of sp³-hybridized carbons (Fsp3) is 0.150. The molecule has 0 fully saturated rings. The first-order chi connectivity index (χ1) is 12.4. The van der Waals surface area contributed by atoms with E-state index in [1.165, 1.54) is 12.1 Å². The van der Waals surface area contributed by atoms with Crippen LogP contribution in [0, 0.1) is 11.6 Å². The fourth-order valence-electron chi connectivity index (χ4n) is 3.21. The van der Waals surface area contributed by atoms with Crippen molar-refractivity contribution in [1.82, 2.24) is 4.57 Å². The van der Waals surface area contributed by atoms with Crippen molar-refractivity contribution >= 4 is 5.71 Å². The zero-order chi connectivity index (χ0) is 18.5. The van der Waals surface area contributed by atoms with Crippen LogP contribution in [0.1, 0.15) is 29.3 Å². The fourth-order valence-corrected chi connectivity index (χ4v) is 3.21. The van der Waals surface area contributed by atoms with Gasteiger partial charge in [-0.2, -0.15) is 0 Å². The van der Waals surface area contributed by atoms with Gasteiger partial charge in [-0.25, -0.2) is 17.6 Å². The zero-order valence-corrected chi connectivity index (χ0v) is 13.8. The smallest absolute Gasteiger partial charge is 0.273 e. The zero-order valence-electron chi connectivity index (χ0n) is 13.8. The van der Waals surface area contributed by atoms with E-state index in [1.807, 2.05) is 0 Å². The van der Waals surface area contributed by atoms with Gasteiger partial charge in [0.2, 0.25) is 0 Å². The topological polar surface area (TPSA) is 17.3 Å². The lowest BCUT2D eigenvalue weighted by atomic mass is 10.0. The van der Waals surface area contributed by atoms with Crippen LogP contribution in [-0.2, 0) is 12.5 Å². The van der Waals surface area contributed by atoms with E-state index in [0.717, 1.165) is 12.1 Å². The number of hydrogen-bond acceptors (Lipinski definition) is 1. The molecule has 0 saturated carbocycles. The third-order valence-corrected chi connectivity index (χ3v) is 4.46. The maximum atomic E-state index is 14.2. The lowest BCUT2D eigenvalue weighted by Gasteiger charge is -2.14. The van der Waals surface area contributed by atoms with E-state index in [1.54, 1.807) is 35.0 Å². The van der Waals surface area contributed by atoms with Crippen molar-refractivity contribution in [2.24, 2.45) is 4.99 Å². The van der Waals surface area contributed by atoms with Crippen LogP contribution in [-0.4, -0.2) is 10.3 Å². The van der Waals surface area contributed by atoms with Crippen LogP contribution in [0.3, 0.4) is 0 Å². The Labute approximate surface area is 147 Å². The lowest BCUT2D eigenvalue weighted by Crippen LogP contribution is -2.13. The van der Waals surface area contributed by atoms with E-state index in [4.69, 9.17) is 0 Å². The molecule has 1 aromatic heterocycles. The van der Waals surface area contributed by atoms with Crippen molar-refractivity contribution < 1.29 is 17.6 Å². The molecule has 6 heteroatoms. The molecule has 0 radical (unpaired) electrons. The number of halogens is 4. The first kappa shape index (κ1) is 16.6. The Bertz CT molecular complexity index is 1030. The Morgan fingerprint density at radius 2 is 1.81 bits per heavy atom. The molecule has 1 aliphatic rings. The predicted molar refractivity (Wildman–Crippen MR) is 91.0 cm³/mol. The molecule has 0 spiro atoms. The maximum absolute atomic E-state index is 14.2. The van der Waals surface area contributed by atoms with Crippen molar-refractivity contribution in [1.29, 1.82) is 0 Å². The highest BCUT2D eigenvalue weighted by Gasteiger charge is 2.29. The molecule has 4 rings (SSSR count). The van der Waals surface area contributed by atoms with Crippen molar-refractivity contribution in [3.63, 3.8) is 0 Å². The molecule has 2 heterocycles. The number of benzene rings is 2. The minimum absolute atomic E-state index is 0.0757. The SMILES string of the molecule is CC(F)(F)c1ccc(C2=NCc3c(F)cccc3-n3cccc32)cc1F. The molecule has 0 unspecified atom stereocenters. The average molecular weight is 358 g/mol. The first-order valence-corrected chi connectivity index (χ1v) is 8.04. The highest BCUT2D eigenvalue weighted by atomic mass is 19.3. The summed E-state index contributed by atoms with van der Waals surface area (Å²) in [6, 6.07) is 11.8. The second-order valence-electron chi connectivity index (χ2n) is 6.25. The van der Waals surface area contributed by atoms with Crippen molar-refractivity contribution in [3.8, 4) is 5.69 Å². The van der Waals surface area contributed by atoms with Gasteiger partial charge in [-0.1, -0.05) is 12.1 Å². The van der Waals surface area contributed by atoms with E-state index in [9.17, 15) is 17.6 Å². The second-order valence-corrected chi connectivity index (χ2v) is 6.25. The van der Waals surface area contributed by atoms with E-state index in [-0.39, 0.29) is 12.4 Å². The molecule has 0 amide bonds. The quantitative estimate of drug-likeness (QED) is 0.559. The molecule has 132 valence electrons.